The molecule has 0 amide bonds. The van der Waals surface area contributed by atoms with E-state index in [1.807, 2.05) is 30.3 Å². The molecule has 0 spiro atoms. The van der Waals surface area contributed by atoms with Crippen molar-refractivity contribution < 1.29 is 19.7 Å². The van der Waals surface area contributed by atoms with Crippen molar-refractivity contribution in [1.29, 1.82) is 0 Å². The van der Waals surface area contributed by atoms with Crippen LogP contribution in [0.2, 0.25) is 0 Å². The molecule has 3 rings (SSSR count). The highest BCUT2D eigenvalue weighted by Crippen LogP contribution is 2.40. The second-order valence-electron chi connectivity index (χ2n) is 5.50. The van der Waals surface area contributed by atoms with Crippen LogP contribution in [0.3, 0.4) is 0 Å². The molecule has 1 heterocycles. The standard InChI is InChI=1S/C19H18BrNO4/c1-24-16-6-12-5-13(9-22)15(10-23)19(14(12)8-17(16)25-2)11-3-4-21-18(20)7-11/h3-8,22-23H,9-10H2,1-2H3. The molecule has 1 aromatic heterocycles. The van der Waals surface area contributed by atoms with E-state index in [0.29, 0.717) is 27.2 Å². The number of fused-ring (bicyclic) bond motifs is 1. The van der Waals surface area contributed by atoms with Crippen LogP contribution in [0.4, 0.5) is 0 Å². The van der Waals surface area contributed by atoms with Crippen molar-refractivity contribution in [3.05, 3.63) is 52.3 Å². The quantitative estimate of drug-likeness (QED) is 0.635. The van der Waals surface area contributed by atoms with Crippen molar-refractivity contribution >= 4 is 26.7 Å². The van der Waals surface area contributed by atoms with Crippen LogP contribution in [-0.2, 0) is 13.2 Å². The van der Waals surface area contributed by atoms with E-state index in [1.54, 1.807) is 20.4 Å². The summed E-state index contributed by atoms with van der Waals surface area (Å²) in [6, 6.07) is 9.37. The molecule has 0 radical (unpaired) electrons. The average molecular weight is 404 g/mol. The number of aliphatic hydroxyl groups is 2. The summed E-state index contributed by atoms with van der Waals surface area (Å²) in [7, 11) is 3.17. The van der Waals surface area contributed by atoms with E-state index in [1.165, 1.54) is 0 Å². The molecular weight excluding hydrogens is 386 g/mol. The molecule has 0 aliphatic carbocycles. The molecule has 0 unspecified atom stereocenters. The average Bonchev–Trinajstić information content (AvgIpc) is 2.64. The molecular formula is C19H18BrNO4. The van der Waals surface area contributed by atoms with Gasteiger partial charge in [-0.05, 0) is 79.3 Å². The normalized spacial score (nSPS) is 10.9. The lowest BCUT2D eigenvalue weighted by atomic mass is 9.90. The van der Waals surface area contributed by atoms with E-state index in [0.717, 1.165) is 21.9 Å². The summed E-state index contributed by atoms with van der Waals surface area (Å²) < 4.78 is 11.5. The minimum atomic E-state index is -0.185. The third-order valence-corrected chi connectivity index (χ3v) is 4.62. The van der Waals surface area contributed by atoms with Crippen molar-refractivity contribution in [3.63, 3.8) is 0 Å². The molecule has 2 aromatic carbocycles. The van der Waals surface area contributed by atoms with E-state index in [-0.39, 0.29) is 13.2 Å². The first-order valence-electron chi connectivity index (χ1n) is 7.67. The Hall–Kier alpha value is -2.15. The third kappa shape index (κ3) is 3.20. The fraction of sp³-hybridized carbons (Fsp3) is 0.211. The highest BCUT2D eigenvalue weighted by atomic mass is 79.9. The highest BCUT2D eigenvalue weighted by molar-refractivity contribution is 9.10. The summed E-state index contributed by atoms with van der Waals surface area (Å²) >= 11 is 3.39. The van der Waals surface area contributed by atoms with Gasteiger partial charge in [-0.25, -0.2) is 4.98 Å². The predicted molar refractivity (Wildman–Crippen MR) is 99.8 cm³/mol. The van der Waals surface area contributed by atoms with Gasteiger partial charge in [-0.15, -0.1) is 0 Å². The maximum Gasteiger partial charge on any atom is 0.161 e. The fourth-order valence-electron chi connectivity index (χ4n) is 3.04. The molecule has 2 N–H and O–H groups in total. The summed E-state index contributed by atoms with van der Waals surface area (Å²) in [4.78, 5) is 4.16. The van der Waals surface area contributed by atoms with Crippen molar-refractivity contribution in [2.45, 2.75) is 13.2 Å². The Morgan fingerprint density at radius 2 is 1.72 bits per heavy atom. The van der Waals surface area contributed by atoms with Crippen molar-refractivity contribution in [1.82, 2.24) is 4.98 Å². The smallest absolute Gasteiger partial charge is 0.161 e. The van der Waals surface area contributed by atoms with Crippen LogP contribution < -0.4 is 9.47 Å². The Morgan fingerprint density at radius 1 is 1.00 bits per heavy atom. The van der Waals surface area contributed by atoms with Gasteiger partial charge in [0.05, 0.1) is 27.4 Å². The van der Waals surface area contributed by atoms with Crippen LogP contribution in [0.1, 0.15) is 11.1 Å². The molecule has 0 bridgehead atoms. The van der Waals surface area contributed by atoms with Gasteiger partial charge in [-0.3, -0.25) is 0 Å². The van der Waals surface area contributed by atoms with Crippen molar-refractivity contribution in [2.75, 3.05) is 14.2 Å². The molecule has 3 aromatic rings. The number of aromatic nitrogens is 1. The van der Waals surface area contributed by atoms with Crippen LogP contribution in [0.15, 0.2) is 41.1 Å². The molecule has 0 saturated heterocycles. The molecule has 0 saturated carbocycles. The summed E-state index contributed by atoms with van der Waals surface area (Å²) in [5.41, 5.74) is 3.08. The number of benzene rings is 2. The molecule has 25 heavy (non-hydrogen) atoms. The van der Waals surface area contributed by atoms with E-state index in [4.69, 9.17) is 9.47 Å². The highest BCUT2D eigenvalue weighted by Gasteiger charge is 2.17. The molecule has 0 atom stereocenters. The zero-order valence-electron chi connectivity index (χ0n) is 13.9. The number of pyridine rings is 1. The Labute approximate surface area is 154 Å². The van der Waals surface area contributed by atoms with Crippen LogP contribution >= 0.6 is 15.9 Å². The van der Waals surface area contributed by atoms with Gasteiger partial charge in [0.25, 0.3) is 0 Å². The van der Waals surface area contributed by atoms with Gasteiger partial charge in [-0.2, -0.15) is 0 Å². The summed E-state index contributed by atoms with van der Waals surface area (Å²) in [5, 5.41) is 21.5. The van der Waals surface area contributed by atoms with Gasteiger partial charge >= 0.3 is 0 Å². The molecule has 0 fully saturated rings. The predicted octanol–water partition coefficient (Wildman–Crippen LogP) is 3.67. The van der Waals surface area contributed by atoms with E-state index in [9.17, 15) is 10.2 Å². The SMILES string of the molecule is COc1cc2cc(CO)c(CO)c(-c3ccnc(Br)c3)c2cc1OC. The molecule has 5 nitrogen and oxygen atoms in total. The van der Waals surface area contributed by atoms with E-state index in [2.05, 4.69) is 20.9 Å². The van der Waals surface area contributed by atoms with Gasteiger partial charge in [-0.1, -0.05) is 0 Å². The lowest BCUT2D eigenvalue weighted by Crippen LogP contribution is -2.00. The Morgan fingerprint density at radius 3 is 2.32 bits per heavy atom. The number of ether oxygens (including phenoxy) is 2. The largest absolute Gasteiger partial charge is 0.493 e. The molecule has 130 valence electrons. The maximum absolute atomic E-state index is 9.95. The number of rotatable bonds is 5. The summed E-state index contributed by atoms with van der Waals surface area (Å²) in [6.45, 7) is -0.352. The van der Waals surface area contributed by atoms with Gasteiger partial charge < -0.3 is 19.7 Å². The summed E-state index contributed by atoms with van der Waals surface area (Å²) in [6.07, 6.45) is 1.69. The number of halogens is 1. The fourth-order valence-corrected chi connectivity index (χ4v) is 3.40. The van der Waals surface area contributed by atoms with Gasteiger partial charge in [0.1, 0.15) is 4.60 Å². The first-order chi connectivity index (χ1) is 12.1. The van der Waals surface area contributed by atoms with E-state index >= 15 is 0 Å². The van der Waals surface area contributed by atoms with Crippen molar-refractivity contribution in [3.8, 4) is 22.6 Å². The van der Waals surface area contributed by atoms with Crippen LogP contribution in [0.5, 0.6) is 11.5 Å². The van der Waals surface area contributed by atoms with Gasteiger partial charge in [0.15, 0.2) is 11.5 Å². The lowest BCUT2D eigenvalue weighted by Gasteiger charge is -2.18. The Balaban J connectivity index is 2.45. The number of hydrogen-bond acceptors (Lipinski definition) is 5. The monoisotopic (exact) mass is 403 g/mol. The second-order valence-corrected chi connectivity index (χ2v) is 6.31. The van der Waals surface area contributed by atoms with Crippen LogP contribution in [0, 0.1) is 0 Å². The zero-order chi connectivity index (χ0) is 18.0. The van der Waals surface area contributed by atoms with Crippen molar-refractivity contribution in [2.24, 2.45) is 0 Å². The number of hydrogen-bond donors (Lipinski definition) is 2. The first kappa shape index (κ1) is 17.7. The minimum absolute atomic E-state index is 0.167. The second kappa shape index (κ2) is 7.39. The zero-order valence-corrected chi connectivity index (χ0v) is 15.5. The molecule has 0 aliphatic rings. The molecule has 6 heteroatoms. The number of nitrogens with zero attached hydrogens (tertiary/aromatic N) is 1. The topological polar surface area (TPSA) is 71.8 Å². The lowest BCUT2D eigenvalue weighted by molar-refractivity contribution is 0.260. The molecule has 0 aliphatic heterocycles. The number of aliphatic hydroxyl groups excluding tert-OH is 2. The third-order valence-electron chi connectivity index (χ3n) is 4.19. The summed E-state index contributed by atoms with van der Waals surface area (Å²) in [5.74, 6) is 1.21. The maximum atomic E-state index is 9.95. The minimum Gasteiger partial charge on any atom is -0.493 e. The van der Waals surface area contributed by atoms with E-state index < -0.39 is 0 Å². The van der Waals surface area contributed by atoms with Gasteiger partial charge in [0, 0.05) is 6.20 Å². The van der Waals surface area contributed by atoms with Crippen LogP contribution in [0.25, 0.3) is 21.9 Å². The van der Waals surface area contributed by atoms with Gasteiger partial charge in [0.2, 0.25) is 0 Å². The van der Waals surface area contributed by atoms with Crippen LogP contribution in [-0.4, -0.2) is 29.4 Å². The Bertz CT molecular complexity index is 922. The first-order valence-corrected chi connectivity index (χ1v) is 8.46. The Kier molecular flexibility index (Phi) is 5.22. The number of methoxy groups -OCH3 is 2.